The molecule has 7 rings (SSSR count). The molecule has 14 nitrogen and oxygen atoms in total. The van der Waals surface area contributed by atoms with Crippen molar-refractivity contribution < 1.29 is 23.2 Å². The second kappa shape index (κ2) is 23.7. The number of hydrogen-bond acceptors (Lipinski definition) is 13. The van der Waals surface area contributed by atoms with Crippen molar-refractivity contribution in [2.75, 3.05) is 108 Å². The molecule has 67 heavy (non-hydrogen) atoms. The summed E-state index contributed by atoms with van der Waals surface area (Å²) in [4.78, 5) is 35.3. The van der Waals surface area contributed by atoms with Crippen LogP contribution in [0.1, 0.15) is 55.5 Å². The van der Waals surface area contributed by atoms with Crippen molar-refractivity contribution in [1.82, 2.24) is 24.7 Å². The van der Waals surface area contributed by atoms with E-state index in [0.717, 1.165) is 113 Å². The molecule has 2 saturated heterocycles. The van der Waals surface area contributed by atoms with E-state index < -0.39 is 31.4 Å². The third-order valence-corrected chi connectivity index (χ3v) is 16.0. The van der Waals surface area contributed by atoms with Crippen LogP contribution in [0, 0.1) is 15.5 Å². The molecule has 2 atom stereocenters. The first-order valence-corrected chi connectivity index (χ1v) is 26.3. The van der Waals surface area contributed by atoms with Crippen LogP contribution in [-0.4, -0.2) is 143 Å². The van der Waals surface area contributed by atoms with Crippen LogP contribution in [0.4, 0.5) is 17.1 Å². The molecule has 0 radical (unpaired) electrons. The van der Waals surface area contributed by atoms with Crippen LogP contribution in [0.3, 0.4) is 0 Å². The summed E-state index contributed by atoms with van der Waals surface area (Å²) in [6.07, 6.45) is 3.89. The Balaban J connectivity index is 0.965. The van der Waals surface area contributed by atoms with Gasteiger partial charge in [0.1, 0.15) is 5.69 Å². The zero-order valence-electron chi connectivity index (χ0n) is 38.7. The van der Waals surface area contributed by atoms with E-state index in [1.807, 2.05) is 61.5 Å². The van der Waals surface area contributed by atoms with Crippen molar-refractivity contribution in [3.05, 3.63) is 129 Å². The van der Waals surface area contributed by atoms with Gasteiger partial charge in [-0.15, -0.1) is 11.8 Å². The molecule has 4 N–H and O–H groups in total. The first kappa shape index (κ1) is 50.4. The number of rotatable bonds is 21. The maximum absolute atomic E-state index is 13.6. The van der Waals surface area contributed by atoms with E-state index in [-0.39, 0.29) is 29.3 Å². The topological polar surface area (TPSA) is 164 Å². The van der Waals surface area contributed by atoms with E-state index >= 15 is 0 Å². The summed E-state index contributed by atoms with van der Waals surface area (Å²) in [6.45, 7) is 16.1. The van der Waals surface area contributed by atoms with Crippen LogP contribution in [0.25, 0.3) is 5.57 Å². The molecule has 2 unspecified atom stereocenters. The van der Waals surface area contributed by atoms with E-state index in [1.165, 1.54) is 28.8 Å². The number of piperazine rings is 2. The van der Waals surface area contributed by atoms with Crippen LogP contribution < -0.4 is 20.3 Å². The number of anilines is 2. The number of nitrogens with zero attached hydrogens (tertiary/aromatic N) is 5. The third kappa shape index (κ3) is 14.0. The average molecular weight is 974 g/mol. The number of allylic oxidation sites excluding steroid dienone is 1. The number of halogens is 1. The summed E-state index contributed by atoms with van der Waals surface area (Å²) >= 11 is 7.90. The van der Waals surface area contributed by atoms with Crippen molar-refractivity contribution in [2.24, 2.45) is 5.41 Å². The third-order valence-electron chi connectivity index (χ3n) is 13.2. The van der Waals surface area contributed by atoms with Gasteiger partial charge in [0.2, 0.25) is 0 Å². The molecule has 2 heterocycles. The Hall–Kier alpha value is -4.52. The molecular weight excluding hydrogens is 908 g/mol. The van der Waals surface area contributed by atoms with Crippen LogP contribution in [-0.2, 0) is 10.0 Å². The van der Waals surface area contributed by atoms with Crippen LogP contribution in [0.5, 0.6) is 0 Å². The number of nitro groups is 1. The van der Waals surface area contributed by atoms with Crippen molar-refractivity contribution in [3.63, 3.8) is 0 Å². The Morgan fingerprint density at radius 1 is 0.955 bits per heavy atom. The largest absolute Gasteiger partial charge is 0.395 e. The van der Waals surface area contributed by atoms with E-state index in [9.17, 15) is 28.4 Å². The number of carbonyl (C=O) groups is 1. The fourth-order valence-corrected chi connectivity index (χ4v) is 11.6. The zero-order valence-corrected chi connectivity index (χ0v) is 41.1. The minimum atomic E-state index is -4.47. The predicted molar refractivity (Wildman–Crippen MR) is 271 cm³/mol. The van der Waals surface area contributed by atoms with E-state index in [0.29, 0.717) is 25.3 Å². The fourth-order valence-electron chi connectivity index (χ4n) is 9.50. The minimum Gasteiger partial charge on any atom is -0.395 e. The van der Waals surface area contributed by atoms with Gasteiger partial charge in [0.25, 0.3) is 21.6 Å². The molecule has 3 aliphatic rings. The molecule has 4 aromatic rings. The minimum absolute atomic E-state index is 0.0247. The summed E-state index contributed by atoms with van der Waals surface area (Å²) in [7, 11) is -4.47. The number of nitro benzene ring substituents is 1. The lowest BCUT2D eigenvalue weighted by Crippen LogP contribution is -2.49. The molecule has 2 fully saturated rings. The van der Waals surface area contributed by atoms with Crippen molar-refractivity contribution in [1.29, 1.82) is 0 Å². The van der Waals surface area contributed by atoms with Gasteiger partial charge in [-0.3, -0.25) is 19.8 Å². The number of benzene rings is 4. The Labute approximate surface area is 405 Å². The molecule has 17 heteroatoms. The summed E-state index contributed by atoms with van der Waals surface area (Å²) < 4.78 is 29.2. The highest BCUT2D eigenvalue weighted by atomic mass is 35.5. The number of amides is 1. The number of nitrogens with one attached hydrogen (secondary N) is 3. The lowest BCUT2D eigenvalue weighted by Gasteiger charge is -2.43. The monoisotopic (exact) mass is 972 g/mol. The number of likely N-dealkylation sites (N-methyl/N-ethyl adjacent to an activating group) is 1. The van der Waals surface area contributed by atoms with Crippen molar-refractivity contribution in [3.8, 4) is 0 Å². The lowest BCUT2D eigenvalue weighted by atomic mass is 9.71. The standard InChI is InChI=1S/C50H65ClN8O6S2/c1-3-55(31-32-60)24-20-42(36-66-44-7-5-4-6-8-44)53-47-18-17-45(33-48(47)59(62)63)67(64,65)54-49(61)39-11-15-43(16-12-39)58-29-27-56(28-30-58)35-40-34-50(2,37-57-25-22-52-23-26-57)21-19-46(40)38-9-13-41(51)14-10-38/h4-18,33,42,52-53,60H,3,19-32,34-37H2,1-2H3,(H,54,61). The van der Waals surface area contributed by atoms with Crippen molar-refractivity contribution in [2.45, 2.75) is 55.4 Å². The maximum atomic E-state index is 13.6. The number of carbonyl (C=O) groups excluding carboxylic acids is 1. The normalized spacial score (nSPS) is 19.1. The highest BCUT2D eigenvalue weighted by Crippen LogP contribution is 2.44. The van der Waals surface area contributed by atoms with Gasteiger partial charge in [-0.1, -0.05) is 61.4 Å². The van der Waals surface area contributed by atoms with Gasteiger partial charge in [0.15, 0.2) is 0 Å². The van der Waals surface area contributed by atoms with Crippen LogP contribution in [0.2, 0.25) is 5.02 Å². The molecule has 1 aliphatic carbocycles. The first-order valence-electron chi connectivity index (χ1n) is 23.4. The molecule has 0 aromatic heterocycles. The van der Waals surface area contributed by atoms with Crippen molar-refractivity contribution >= 4 is 61.9 Å². The highest BCUT2D eigenvalue weighted by molar-refractivity contribution is 7.99. The smallest absolute Gasteiger partial charge is 0.293 e. The van der Waals surface area contributed by atoms with E-state index in [1.54, 1.807) is 23.9 Å². The molecule has 2 aliphatic heterocycles. The molecule has 360 valence electrons. The zero-order chi connectivity index (χ0) is 47.4. The van der Waals surface area contributed by atoms with Gasteiger partial charge < -0.3 is 30.4 Å². The van der Waals surface area contributed by atoms with Gasteiger partial charge >= 0.3 is 0 Å². The molecule has 0 bridgehead atoms. The Morgan fingerprint density at radius 3 is 2.34 bits per heavy atom. The second-order valence-corrected chi connectivity index (χ2v) is 21.4. The van der Waals surface area contributed by atoms with Crippen LogP contribution in [0.15, 0.2) is 112 Å². The Morgan fingerprint density at radius 2 is 1.67 bits per heavy atom. The fraction of sp³-hybridized carbons (Fsp3) is 0.460. The second-order valence-electron chi connectivity index (χ2n) is 18.2. The number of sulfonamides is 1. The van der Waals surface area contributed by atoms with Gasteiger partial charge in [-0.2, -0.15) is 0 Å². The number of aliphatic hydroxyl groups excluding tert-OH is 1. The molecule has 0 saturated carbocycles. The number of thioether (sulfide) groups is 1. The SMILES string of the molecule is CCN(CCO)CCC(CSc1ccccc1)Nc1ccc(S(=O)(=O)NC(=O)c2ccc(N3CCN(CC4=C(c5ccc(Cl)cc5)CCC(C)(CN5CCNCC5)C4)CC3)cc2)cc1[N+](=O)[O-]. The van der Waals surface area contributed by atoms with Gasteiger partial charge in [0, 0.05) is 118 Å². The van der Waals surface area contributed by atoms with Gasteiger partial charge in [-0.25, -0.2) is 13.1 Å². The quantitative estimate of drug-likeness (QED) is 0.0374. The average Bonchev–Trinajstić information content (AvgIpc) is 3.33. The number of hydrogen-bond donors (Lipinski definition) is 4. The van der Waals surface area contributed by atoms with E-state index in [4.69, 9.17) is 11.6 Å². The molecule has 1 amide bonds. The predicted octanol–water partition coefficient (Wildman–Crippen LogP) is 7.32. The number of aliphatic hydroxyl groups is 1. The molecule has 4 aromatic carbocycles. The van der Waals surface area contributed by atoms with Crippen LogP contribution >= 0.6 is 23.4 Å². The maximum Gasteiger partial charge on any atom is 0.293 e. The summed E-state index contributed by atoms with van der Waals surface area (Å²) in [6, 6.07) is 28.4. The summed E-state index contributed by atoms with van der Waals surface area (Å²) in [5, 5.41) is 29.4. The van der Waals surface area contributed by atoms with Gasteiger partial charge in [-0.05, 0) is 109 Å². The molecular formula is C50H65ClN8O6S2. The lowest BCUT2D eigenvalue weighted by molar-refractivity contribution is -0.384. The molecule has 0 spiro atoms. The first-order chi connectivity index (χ1) is 32.3. The summed E-state index contributed by atoms with van der Waals surface area (Å²) in [5.74, 6) is -0.241. The summed E-state index contributed by atoms with van der Waals surface area (Å²) in [5.41, 5.74) is 5.29. The Bertz CT molecular complexity index is 2410. The van der Waals surface area contributed by atoms with Gasteiger partial charge in [0.05, 0.1) is 16.4 Å². The van der Waals surface area contributed by atoms with E-state index in [2.05, 4.69) is 54.0 Å². The highest BCUT2D eigenvalue weighted by Gasteiger charge is 2.35. The Kier molecular flexibility index (Phi) is 17.8.